The SMILES string of the molecule is COCC(SC1COC1)C(=O)NN. The van der Waals surface area contributed by atoms with Gasteiger partial charge in [0.1, 0.15) is 5.25 Å². The lowest BCUT2D eigenvalue weighted by Gasteiger charge is -2.28. The Morgan fingerprint density at radius 3 is 2.92 bits per heavy atom. The Morgan fingerprint density at radius 1 is 1.85 bits per heavy atom. The van der Waals surface area contributed by atoms with Gasteiger partial charge in [-0.2, -0.15) is 0 Å². The summed E-state index contributed by atoms with van der Waals surface area (Å²) in [6.45, 7) is 1.80. The number of amides is 1. The third-order valence-corrected chi connectivity index (χ3v) is 3.05. The van der Waals surface area contributed by atoms with Gasteiger partial charge in [0, 0.05) is 7.11 Å². The molecule has 1 aliphatic rings. The highest BCUT2D eigenvalue weighted by molar-refractivity contribution is 8.01. The molecule has 0 aliphatic carbocycles. The van der Waals surface area contributed by atoms with Crippen LogP contribution in [-0.2, 0) is 14.3 Å². The van der Waals surface area contributed by atoms with Crippen molar-refractivity contribution in [2.24, 2.45) is 5.84 Å². The molecule has 0 spiro atoms. The number of carbonyl (C=O) groups excluding carboxylic acids is 1. The van der Waals surface area contributed by atoms with Crippen LogP contribution in [0.1, 0.15) is 0 Å². The Labute approximate surface area is 81.3 Å². The van der Waals surface area contributed by atoms with E-state index in [1.807, 2.05) is 0 Å². The van der Waals surface area contributed by atoms with Crippen LogP contribution in [0.25, 0.3) is 0 Å². The van der Waals surface area contributed by atoms with Crippen molar-refractivity contribution in [2.75, 3.05) is 26.9 Å². The molecule has 5 nitrogen and oxygen atoms in total. The van der Waals surface area contributed by atoms with Crippen molar-refractivity contribution in [3.05, 3.63) is 0 Å². The summed E-state index contributed by atoms with van der Waals surface area (Å²) < 4.78 is 9.92. The molecule has 0 aromatic heterocycles. The first kappa shape index (κ1) is 10.8. The topological polar surface area (TPSA) is 73.6 Å². The number of nitrogens with two attached hydrogens (primary N) is 1. The Hall–Kier alpha value is -0.300. The smallest absolute Gasteiger partial charge is 0.249 e. The molecule has 1 atom stereocenters. The number of nitrogens with one attached hydrogen (secondary N) is 1. The number of ether oxygens (including phenoxy) is 2. The van der Waals surface area contributed by atoms with Crippen LogP contribution < -0.4 is 11.3 Å². The fourth-order valence-corrected chi connectivity index (χ4v) is 2.17. The Bertz CT molecular complexity index is 175. The van der Waals surface area contributed by atoms with Crippen molar-refractivity contribution in [3.8, 4) is 0 Å². The fraction of sp³-hybridized carbons (Fsp3) is 0.857. The molecule has 6 heteroatoms. The van der Waals surface area contributed by atoms with E-state index in [2.05, 4.69) is 5.43 Å². The molecule has 3 N–H and O–H groups in total. The lowest BCUT2D eigenvalue weighted by Crippen LogP contribution is -2.43. The predicted octanol–water partition coefficient (Wildman–Crippen LogP) is -0.877. The van der Waals surface area contributed by atoms with E-state index < -0.39 is 0 Å². The summed E-state index contributed by atoms with van der Waals surface area (Å²) in [5.41, 5.74) is 2.12. The number of hydrazine groups is 1. The van der Waals surface area contributed by atoms with Crippen LogP contribution >= 0.6 is 11.8 Å². The van der Waals surface area contributed by atoms with Gasteiger partial charge in [0.2, 0.25) is 5.91 Å². The zero-order chi connectivity index (χ0) is 9.68. The minimum Gasteiger partial charge on any atom is -0.383 e. The van der Waals surface area contributed by atoms with Gasteiger partial charge < -0.3 is 9.47 Å². The molecule has 0 saturated carbocycles. The van der Waals surface area contributed by atoms with E-state index >= 15 is 0 Å². The first-order valence-electron chi connectivity index (χ1n) is 4.00. The van der Waals surface area contributed by atoms with E-state index in [0.717, 1.165) is 0 Å². The Balaban J connectivity index is 2.31. The van der Waals surface area contributed by atoms with E-state index in [0.29, 0.717) is 25.1 Å². The van der Waals surface area contributed by atoms with Crippen molar-refractivity contribution in [1.29, 1.82) is 0 Å². The van der Waals surface area contributed by atoms with Gasteiger partial charge in [0.05, 0.1) is 25.1 Å². The molecular weight excluding hydrogens is 192 g/mol. The summed E-state index contributed by atoms with van der Waals surface area (Å²) in [6, 6.07) is 0. The summed E-state index contributed by atoms with van der Waals surface area (Å²) in [7, 11) is 1.56. The van der Waals surface area contributed by atoms with Crippen LogP contribution in [0.15, 0.2) is 0 Å². The second-order valence-corrected chi connectivity index (χ2v) is 4.26. The molecule has 1 saturated heterocycles. The molecule has 1 unspecified atom stereocenters. The lowest BCUT2D eigenvalue weighted by atomic mass is 10.4. The molecule has 0 radical (unpaired) electrons. The number of carbonyl (C=O) groups is 1. The second kappa shape index (κ2) is 5.43. The first-order valence-corrected chi connectivity index (χ1v) is 4.94. The van der Waals surface area contributed by atoms with Gasteiger partial charge in [-0.05, 0) is 0 Å². The van der Waals surface area contributed by atoms with Gasteiger partial charge in [-0.3, -0.25) is 10.2 Å². The summed E-state index contributed by atoms with van der Waals surface area (Å²) in [6.07, 6.45) is 0. The maximum Gasteiger partial charge on any atom is 0.249 e. The van der Waals surface area contributed by atoms with E-state index in [-0.39, 0.29) is 11.2 Å². The van der Waals surface area contributed by atoms with Gasteiger partial charge in [-0.1, -0.05) is 0 Å². The highest BCUT2D eigenvalue weighted by atomic mass is 32.2. The van der Waals surface area contributed by atoms with E-state index in [4.69, 9.17) is 15.3 Å². The fourth-order valence-electron chi connectivity index (χ4n) is 0.946. The van der Waals surface area contributed by atoms with Gasteiger partial charge in [-0.25, -0.2) is 5.84 Å². The number of thioether (sulfide) groups is 1. The summed E-state index contributed by atoms with van der Waals surface area (Å²) in [5.74, 6) is 4.84. The minimum absolute atomic E-state index is 0.196. The molecule has 76 valence electrons. The maximum atomic E-state index is 11.2. The normalized spacial score (nSPS) is 19.2. The van der Waals surface area contributed by atoms with Crippen LogP contribution in [0.5, 0.6) is 0 Å². The Kier molecular flexibility index (Phi) is 4.51. The zero-order valence-corrected chi connectivity index (χ0v) is 8.30. The van der Waals surface area contributed by atoms with Crippen LogP contribution in [-0.4, -0.2) is 43.3 Å². The molecule has 1 amide bonds. The first-order chi connectivity index (χ1) is 6.27. The quantitative estimate of drug-likeness (QED) is 0.347. The third kappa shape index (κ3) is 3.15. The van der Waals surface area contributed by atoms with Crippen LogP contribution in [0.4, 0.5) is 0 Å². The average molecular weight is 206 g/mol. The summed E-state index contributed by atoms with van der Waals surface area (Å²) >= 11 is 1.55. The van der Waals surface area contributed by atoms with Gasteiger partial charge in [0.25, 0.3) is 0 Å². The number of rotatable bonds is 5. The largest absolute Gasteiger partial charge is 0.383 e. The van der Waals surface area contributed by atoms with E-state index in [1.165, 1.54) is 0 Å². The predicted molar refractivity (Wildman–Crippen MR) is 50.2 cm³/mol. The van der Waals surface area contributed by atoms with Crippen molar-refractivity contribution in [1.82, 2.24) is 5.43 Å². The number of methoxy groups -OCH3 is 1. The van der Waals surface area contributed by atoms with E-state index in [9.17, 15) is 4.79 Å². The summed E-state index contributed by atoms with van der Waals surface area (Å²) in [4.78, 5) is 11.2. The molecule has 1 rings (SSSR count). The van der Waals surface area contributed by atoms with Crippen LogP contribution in [0.2, 0.25) is 0 Å². The van der Waals surface area contributed by atoms with Gasteiger partial charge in [-0.15, -0.1) is 11.8 Å². The standard InChI is InChI=1S/C7H14N2O3S/c1-11-4-6(7(10)9-8)13-5-2-12-3-5/h5-6H,2-4,8H2,1H3,(H,9,10). The van der Waals surface area contributed by atoms with Crippen LogP contribution in [0, 0.1) is 0 Å². The van der Waals surface area contributed by atoms with Crippen LogP contribution in [0.3, 0.4) is 0 Å². The Morgan fingerprint density at radius 2 is 2.54 bits per heavy atom. The highest BCUT2D eigenvalue weighted by Crippen LogP contribution is 2.24. The van der Waals surface area contributed by atoms with Crippen molar-refractivity contribution < 1.29 is 14.3 Å². The molecule has 0 aromatic carbocycles. The van der Waals surface area contributed by atoms with Crippen molar-refractivity contribution in [2.45, 2.75) is 10.5 Å². The number of hydrogen-bond donors (Lipinski definition) is 2. The van der Waals surface area contributed by atoms with Gasteiger partial charge >= 0.3 is 0 Å². The zero-order valence-electron chi connectivity index (χ0n) is 7.49. The van der Waals surface area contributed by atoms with E-state index in [1.54, 1.807) is 18.9 Å². The maximum absolute atomic E-state index is 11.2. The lowest BCUT2D eigenvalue weighted by molar-refractivity contribution is -0.121. The van der Waals surface area contributed by atoms with Gasteiger partial charge in [0.15, 0.2) is 0 Å². The minimum atomic E-state index is -0.233. The molecule has 1 heterocycles. The summed E-state index contributed by atoms with van der Waals surface area (Å²) in [5, 5.41) is 0.168. The molecule has 1 fully saturated rings. The monoisotopic (exact) mass is 206 g/mol. The third-order valence-electron chi connectivity index (χ3n) is 1.72. The molecule has 13 heavy (non-hydrogen) atoms. The number of hydrogen-bond acceptors (Lipinski definition) is 5. The highest BCUT2D eigenvalue weighted by Gasteiger charge is 2.27. The van der Waals surface area contributed by atoms with Crippen molar-refractivity contribution >= 4 is 17.7 Å². The average Bonchev–Trinajstić information content (AvgIpc) is 2.07. The molecule has 0 aromatic rings. The van der Waals surface area contributed by atoms with Crippen molar-refractivity contribution in [3.63, 3.8) is 0 Å². The second-order valence-electron chi connectivity index (χ2n) is 2.75. The molecule has 1 aliphatic heterocycles. The molecule has 0 bridgehead atoms. The molecular formula is C7H14N2O3S.